The van der Waals surface area contributed by atoms with Gasteiger partial charge in [-0.15, -0.1) is 0 Å². The normalized spacial score (nSPS) is 20.6. The summed E-state index contributed by atoms with van der Waals surface area (Å²) in [7, 11) is 0. The van der Waals surface area contributed by atoms with Crippen LogP contribution in [0.15, 0.2) is 54.1 Å². The van der Waals surface area contributed by atoms with Gasteiger partial charge in [0.15, 0.2) is 0 Å². The number of amides is 1. The van der Waals surface area contributed by atoms with Crippen molar-refractivity contribution in [2.24, 2.45) is 0 Å². The highest BCUT2D eigenvalue weighted by Crippen LogP contribution is 2.40. The number of ketones is 1. The van der Waals surface area contributed by atoms with Gasteiger partial charge in [0.25, 0.3) is 11.7 Å². The zero-order valence-corrected chi connectivity index (χ0v) is 19.8. The van der Waals surface area contributed by atoms with Gasteiger partial charge in [-0.3, -0.25) is 14.5 Å². The molecule has 1 atom stereocenters. The van der Waals surface area contributed by atoms with Crippen molar-refractivity contribution in [3.8, 4) is 5.75 Å². The van der Waals surface area contributed by atoms with Crippen molar-refractivity contribution in [1.82, 2.24) is 9.80 Å². The van der Waals surface area contributed by atoms with Crippen molar-refractivity contribution in [2.75, 3.05) is 46.0 Å². The molecule has 7 nitrogen and oxygen atoms in total. The van der Waals surface area contributed by atoms with Crippen molar-refractivity contribution in [2.45, 2.75) is 26.3 Å². The summed E-state index contributed by atoms with van der Waals surface area (Å²) in [6.07, 6.45) is 0.721. The van der Waals surface area contributed by atoms with Gasteiger partial charge >= 0.3 is 0 Å². The lowest BCUT2D eigenvalue weighted by Gasteiger charge is -2.29. The van der Waals surface area contributed by atoms with E-state index in [2.05, 4.69) is 4.90 Å². The van der Waals surface area contributed by atoms with Gasteiger partial charge in [0.1, 0.15) is 11.5 Å². The molecule has 7 heteroatoms. The first-order chi connectivity index (χ1) is 16.5. The van der Waals surface area contributed by atoms with Gasteiger partial charge in [0.05, 0.1) is 31.4 Å². The summed E-state index contributed by atoms with van der Waals surface area (Å²) in [4.78, 5) is 30.2. The van der Waals surface area contributed by atoms with Crippen molar-refractivity contribution in [1.29, 1.82) is 0 Å². The lowest BCUT2D eigenvalue weighted by atomic mass is 9.95. The van der Waals surface area contributed by atoms with E-state index in [1.165, 1.54) is 0 Å². The lowest BCUT2D eigenvalue weighted by molar-refractivity contribution is -0.140. The number of rotatable bonds is 8. The van der Waals surface area contributed by atoms with Gasteiger partial charge in [-0.25, -0.2) is 0 Å². The summed E-state index contributed by atoms with van der Waals surface area (Å²) in [6.45, 7) is 8.76. The Morgan fingerprint density at radius 3 is 2.53 bits per heavy atom. The summed E-state index contributed by atoms with van der Waals surface area (Å²) >= 11 is 0. The van der Waals surface area contributed by atoms with Crippen molar-refractivity contribution in [3.63, 3.8) is 0 Å². The van der Waals surface area contributed by atoms with E-state index in [1.807, 2.05) is 50.2 Å². The fourth-order valence-corrected chi connectivity index (χ4v) is 4.55. The second-order valence-electron chi connectivity index (χ2n) is 8.67. The summed E-state index contributed by atoms with van der Waals surface area (Å²) in [5.74, 6) is -0.728. The molecule has 180 valence electrons. The molecule has 0 saturated carbocycles. The zero-order chi connectivity index (χ0) is 24.1. The molecule has 0 aromatic heterocycles. The van der Waals surface area contributed by atoms with E-state index in [0.717, 1.165) is 37.2 Å². The molecule has 34 heavy (non-hydrogen) atoms. The number of likely N-dealkylation sites (tertiary alicyclic amines) is 1. The Morgan fingerprint density at radius 1 is 1.09 bits per heavy atom. The fourth-order valence-electron chi connectivity index (χ4n) is 4.55. The van der Waals surface area contributed by atoms with E-state index in [4.69, 9.17) is 9.47 Å². The molecule has 1 N–H and O–H groups in total. The van der Waals surface area contributed by atoms with Gasteiger partial charge in [-0.1, -0.05) is 42.0 Å². The minimum absolute atomic E-state index is 0.119. The molecule has 1 unspecified atom stereocenters. The van der Waals surface area contributed by atoms with Crippen LogP contribution >= 0.6 is 0 Å². The second kappa shape index (κ2) is 10.8. The van der Waals surface area contributed by atoms with Gasteiger partial charge in [0.2, 0.25) is 0 Å². The predicted octanol–water partition coefficient (Wildman–Crippen LogP) is 3.54. The zero-order valence-electron chi connectivity index (χ0n) is 19.8. The topological polar surface area (TPSA) is 79.3 Å². The Kier molecular flexibility index (Phi) is 7.65. The number of morpholine rings is 1. The highest BCUT2D eigenvalue weighted by atomic mass is 16.5. The minimum Gasteiger partial charge on any atom is -0.507 e. The van der Waals surface area contributed by atoms with E-state index in [1.54, 1.807) is 17.0 Å². The van der Waals surface area contributed by atoms with E-state index >= 15 is 0 Å². The highest BCUT2D eigenvalue weighted by molar-refractivity contribution is 6.46. The molecule has 2 aliphatic rings. The highest BCUT2D eigenvalue weighted by Gasteiger charge is 2.45. The molecule has 2 aromatic rings. The number of hydrogen-bond donors (Lipinski definition) is 1. The molecule has 2 fully saturated rings. The van der Waals surface area contributed by atoms with E-state index in [-0.39, 0.29) is 11.3 Å². The molecular weight excluding hydrogens is 432 g/mol. The molecule has 0 bridgehead atoms. The number of ether oxygens (including phenoxy) is 2. The number of Topliss-reactive ketones (excluding diaryl/α,β-unsaturated/α-hetero) is 1. The molecule has 2 heterocycles. The fraction of sp³-hybridized carbons (Fsp3) is 0.407. The molecule has 2 aromatic carbocycles. The molecule has 0 spiro atoms. The number of hydrogen-bond acceptors (Lipinski definition) is 6. The summed E-state index contributed by atoms with van der Waals surface area (Å²) in [6, 6.07) is 14.0. The van der Waals surface area contributed by atoms with E-state index < -0.39 is 17.7 Å². The quantitative estimate of drug-likeness (QED) is 0.366. The van der Waals surface area contributed by atoms with Crippen molar-refractivity contribution < 1.29 is 24.2 Å². The Hall–Kier alpha value is -3.16. The standard InChI is InChI=1S/C27H32N2O5/c1-3-34-22-7-4-6-21(18-22)24-23(25(30)20-10-8-19(2)9-11-20)26(31)27(32)29(24)13-5-12-28-14-16-33-17-15-28/h4,6-11,18,24,30H,3,5,12-17H2,1-2H3/b25-23+. The van der Waals surface area contributed by atoms with Crippen LogP contribution in [0.4, 0.5) is 0 Å². The Balaban J connectivity index is 1.68. The third-order valence-electron chi connectivity index (χ3n) is 6.33. The monoisotopic (exact) mass is 464 g/mol. The SMILES string of the molecule is CCOc1cccc(C2/C(=C(\O)c3ccc(C)cc3)C(=O)C(=O)N2CCCN2CCOCC2)c1. The van der Waals surface area contributed by atoms with Crippen LogP contribution in [0.25, 0.3) is 5.76 Å². The number of carbonyl (C=O) groups excluding carboxylic acids is 2. The second-order valence-corrected chi connectivity index (χ2v) is 8.67. The average molecular weight is 465 g/mol. The van der Waals surface area contributed by atoms with Crippen molar-refractivity contribution >= 4 is 17.4 Å². The molecule has 1 amide bonds. The molecule has 0 aliphatic carbocycles. The summed E-state index contributed by atoms with van der Waals surface area (Å²) in [5.41, 5.74) is 2.42. The van der Waals surface area contributed by atoms with Gasteiger partial charge in [0, 0.05) is 31.7 Å². The van der Waals surface area contributed by atoms with Crippen LogP contribution in [-0.4, -0.2) is 72.6 Å². The van der Waals surface area contributed by atoms with Crippen LogP contribution in [0, 0.1) is 6.92 Å². The van der Waals surface area contributed by atoms with Crippen molar-refractivity contribution in [3.05, 3.63) is 70.8 Å². The number of aliphatic hydroxyl groups excluding tert-OH is 1. The average Bonchev–Trinajstić information content (AvgIpc) is 3.10. The number of aliphatic hydroxyl groups is 1. The Labute approximate surface area is 200 Å². The van der Waals surface area contributed by atoms with Gasteiger partial charge in [-0.2, -0.15) is 0 Å². The predicted molar refractivity (Wildman–Crippen MR) is 130 cm³/mol. The largest absolute Gasteiger partial charge is 0.507 e. The first-order valence-corrected chi connectivity index (χ1v) is 11.9. The van der Waals surface area contributed by atoms with Crippen LogP contribution in [0.2, 0.25) is 0 Å². The Morgan fingerprint density at radius 2 is 1.82 bits per heavy atom. The maximum absolute atomic E-state index is 13.2. The maximum atomic E-state index is 13.2. The molecule has 2 saturated heterocycles. The molecule has 4 rings (SSSR count). The van der Waals surface area contributed by atoms with Crippen LogP contribution in [0.5, 0.6) is 5.75 Å². The first-order valence-electron chi connectivity index (χ1n) is 11.9. The smallest absolute Gasteiger partial charge is 0.295 e. The minimum atomic E-state index is -0.675. The number of nitrogens with zero attached hydrogens (tertiary/aromatic N) is 2. The maximum Gasteiger partial charge on any atom is 0.295 e. The van der Waals surface area contributed by atoms with Crippen LogP contribution < -0.4 is 4.74 Å². The summed E-state index contributed by atoms with van der Waals surface area (Å²) in [5, 5.41) is 11.2. The van der Waals surface area contributed by atoms with Gasteiger partial charge < -0.3 is 19.5 Å². The molecular formula is C27H32N2O5. The van der Waals surface area contributed by atoms with Crippen LogP contribution in [-0.2, 0) is 14.3 Å². The molecule has 0 radical (unpaired) electrons. The van der Waals surface area contributed by atoms with Crippen LogP contribution in [0.1, 0.15) is 36.1 Å². The first kappa shape index (κ1) is 24.0. The molecule has 2 aliphatic heterocycles. The third-order valence-corrected chi connectivity index (χ3v) is 6.33. The van der Waals surface area contributed by atoms with E-state index in [0.29, 0.717) is 37.7 Å². The third kappa shape index (κ3) is 5.16. The lowest BCUT2D eigenvalue weighted by Crippen LogP contribution is -2.38. The van der Waals surface area contributed by atoms with Crippen LogP contribution in [0.3, 0.4) is 0 Å². The number of benzene rings is 2. The Bertz CT molecular complexity index is 1060. The number of carbonyl (C=O) groups is 2. The summed E-state index contributed by atoms with van der Waals surface area (Å²) < 4.78 is 11.1. The van der Waals surface area contributed by atoms with E-state index in [9.17, 15) is 14.7 Å². The number of aryl methyl sites for hydroxylation is 1. The van der Waals surface area contributed by atoms with Gasteiger partial charge in [-0.05, 0) is 38.0 Å².